The number of para-hydroxylation sites is 1. The van der Waals surface area contributed by atoms with Crippen LogP contribution in [0.15, 0.2) is 41.5 Å². The smallest absolute Gasteiger partial charge is 0.191 e. The van der Waals surface area contributed by atoms with Crippen LogP contribution in [-0.4, -0.2) is 48.6 Å². The number of pyridine rings is 1. The fraction of sp³-hybridized carbons (Fsp3) is 0.524. The van der Waals surface area contributed by atoms with Crippen LogP contribution in [0.5, 0.6) is 0 Å². The maximum absolute atomic E-state index is 4.42. The molecule has 0 spiro atoms. The lowest BCUT2D eigenvalue weighted by Crippen LogP contribution is -2.42. The molecule has 0 amide bonds. The molecule has 0 saturated heterocycles. The zero-order chi connectivity index (χ0) is 18.8. The van der Waals surface area contributed by atoms with Crippen LogP contribution >= 0.6 is 0 Å². The van der Waals surface area contributed by atoms with E-state index in [4.69, 9.17) is 0 Å². The van der Waals surface area contributed by atoms with Gasteiger partial charge in [-0.2, -0.15) is 0 Å². The largest absolute Gasteiger partial charge is 0.354 e. The molecule has 1 aromatic heterocycles. The number of hydrogen-bond acceptors (Lipinski definition) is 3. The predicted octanol–water partition coefficient (Wildman–Crippen LogP) is 3.41. The van der Waals surface area contributed by atoms with Crippen molar-refractivity contribution in [2.24, 2.45) is 4.99 Å². The Morgan fingerprint density at radius 3 is 2.69 bits per heavy atom. The van der Waals surface area contributed by atoms with Gasteiger partial charge in [-0.25, -0.2) is 0 Å². The summed E-state index contributed by atoms with van der Waals surface area (Å²) in [6, 6.07) is 10.7. The van der Waals surface area contributed by atoms with E-state index in [1.165, 1.54) is 17.4 Å². The number of nitrogens with zero attached hydrogens (tertiary/aromatic N) is 3. The van der Waals surface area contributed by atoms with E-state index in [1.54, 1.807) is 0 Å². The highest BCUT2D eigenvalue weighted by Crippen LogP contribution is 2.15. The van der Waals surface area contributed by atoms with Gasteiger partial charge in [-0.05, 0) is 57.1 Å². The summed E-state index contributed by atoms with van der Waals surface area (Å²) in [5.41, 5.74) is 2.26. The van der Waals surface area contributed by atoms with Gasteiger partial charge < -0.3 is 15.5 Å². The maximum Gasteiger partial charge on any atom is 0.191 e. The second kappa shape index (κ2) is 10.8. The van der Waals surface area contributed by atoms with Crippen LogP contribution in [0.1, 0.15) is 39.2 Å². The first-order chi connectivity index (χ1) is 12.7. The van der Waals surface area contributed by atoms with E-state index in [9.17, 15) is 0 Å². The second-order valence-corrected chi connectivity index (χ2v) is 6.63. The monoisotopic (exact) mass is 355 g/mol. The van der Waals surface area contributed by atoms with Crippen molar-refractivity contribution in [3.05, 3.63) is 42.1 Å². The Balaban J connectivity index is 1.83. The number of guanidine groups is 1. The van der Waals surface area contributed by atoms with Gasteiger partial charge in [-0.3, -0.25) is 9.98 Å². The van der Waals surface area contributed by atoms with Gasteiger partial charge in [0.25, 0.3) is 0 Å². The zero-order valence-electron chi connectivity index (χ0n) is 16.6. The lowest BCUT2D eigenvalue weighted by atomic mass is 10.1. The van der Waals surface area contributed by atoms with Crippen LogP contribution in [0.2, 0.25) is 0 Å². The highest BCUT2D eigenvalue weighted by Gasteiger charge is 2.07. The molecule has 2 rings (SSSR count). The molecule has 142 valence electrons. The van der Waals surface area contributed by atoms with Crippen LogP contribution in [-0.2, 0) is 6.54 Å². The molecule has 2 aromatic rings. The van der Waals surface area contributed by atoms with Crippen LogP contribution in [0, 0.1) is 0 Å². The minimum atomic E-state index is 0.394. The van der Waals surface area contributed by atoms with Crippen molar-refractivity contribution in [1.29, 1.82) is 0 Å². The number of hydrogen-bond donors (Lipinski definition) is 2. The quantitative estimate of drug-likeness (QED) is 0.535. The molecule has 0 saturated carbocycles. The minimum absolute atomic E-state index is 0.394. The van der Waals surface area contributed by atoms with Crippen molar-refractivity contribution in [2.75, 3.05) is 26.7 Å². The first-order valence-electron chi connectivity index (χ1n) is 9.70. The lowest BCUT2D eigenvalue weighted by molar-refractivity contribution is 0.292. The third-order valence-electron chi connectivity index (χ3n) is 4.80. The zero-order valence-corrected chi connectivity index (χ0v) is 16.6. The van der Waals surface area contributed by atoms with Gasteiger partial charge in [0.2, 0.25) is 0 Å². The van der Waals surface area contributed by atoms with Crippen LogP contribution in [0.4, 0.5) is 0 Å². The molecule has 26 heavy (non-hydrogen) atoms. The van der Waals surface area contributed by atoms with Gasteiger partial charge in [0.15, 0.2) is 5.96 Å². The molecule has 5 nitrogen and oxygen atoms in total. The highest BCUT2D eigenvalue weighted by atomic mass is 15.2. The van der Waals surface area contributed by atoms with E-state index in [0.717, 1.165) is 44.1 Å². The van der Waals surface area contributed by atoms with E-state index in [-0.39, 0.29) is 0 Å². The average molecular weight is 356 g/mol. The van der Waals surface area contributed by atoms with Crippen molar-refractivity contribution < 1.29 is 0 Å². The maximum atomic E-state index is 4.42. The third kappa shape index (κ3) is 5.99. The molecule has 1 unspecified atom stereocenters. The number of fused-ring (bicyclic) bond motifs is 1. The van der Waals surface area contributed by atoms with Gasteiger partial charge in [0.05, 0.1) is 5.52 Å². The number of benzene rings is 1. The molecule has 0 aliphatic rings. The topological polar surface area (TPSA) is 52.5 Å². The molecule has 1 heterocycles. The average Bonchev–Trinajstić information content (AvgIpc) is 2.68. The van der Waals surface area contributed by atoms with Crippen LogP contribution in [0.25, 0.3) is 10.9 Å². The summed E-state index contributed by atoms with van der Waals surface area (Å²) in [6.45, 7) is 10.8. The number of nitrogens with one attached hydrogen (secondary N) is 2. The van der Waals surface area contributed by atoms with Gasteiger partial charge in [-0.1, -0.05) is 32.0 Å². The van der Waals surface area contributed by atoms with Crippen molar-refractivity contribution in [3.8, 4) is 0 Å². The van der Waals surface area contributed by atoms with E-state index in [2.05, 4.69) is 64.5 Å². The SMILES string of the molecule is CCN(CC)CCCC(C)NC(=NC)NCc1ccnc2ccccc12. The molecule has 0 fully saturated rings. The Hall–Kier alpha value is -2.14. The Morgan fingerprint density at radius 1 is 1.19 bits per heavy atom. The summed E-state index contributed by atoms with van der Waals surface area (Å²) in [7, 11) is 1.82. The molecule has 0 aliphatic heterocycles. The third-order valence-corrected chi connectivity index (χ3v) is 4.80. The fourth-order valence-corrected chi connectivity index (χ4v) is 3.15. The van der Waals surface area contributed by atoms with Crippen molar-refractivity contribution in [1.82, 2.24) is 20.5 Å². The molecule has 1 atom stereocenters. The highest BCUT2D eigenvalue weighted by molar-refractivity contribution is 5.83. The Bertz CT molecular complexity index is 688. The van der Waals surface area contributed by atoms with E-state index in [1.807, 2.05) is 25.4 Å². The molecule has 1 aromatic carbocycles. The van der Waals surface area contributed by atoms with Crippen LogP contribution in [0.3, 0.4) is 0 Å². The normalized spacial score (nSPS) is 13.2. The second-order valence-electron chi connectivity index (χ2n) is 6.63. The van der Waals surface area contributed by atoms with E-state index in [0.29, 0.717) is 6.04 Å². The minimum Gasteiger partial charge on any atom is -0.354 e. The Kier molecular flexibility index (Phi) is 8.35. The summed E-state index contributed by atoms with van der Waals surface area (Å²) >= 11 is 0. The number of aliphatic imine (C=N–C) groups is 1. The summed E-state index contributed by atoms with van der Waals surface area (Å²) < 4.78 is 0. The van der Waals surface area contributed by atoms with Gasteiger partial charge in [0, 0.05) is 31.2 Å². The molecule has 0 bridgehead atoms. The Labute approximate surface area is 157 Å². The molecular weight excluding hydrogens is 322 g/mol. The van der Waals surface area contributed by atoms with Crippen molar-refractivity contribution >= 4 is 16.9 Å². The molecular formula is C21H33N5. The van der Waals surface area contributed by atoms with Crippen molar-refractivity contribution in [3.63, 3.8) is 0 Å². The summed E-state index contributed by atoms with van der Waals surface area (Å²) in [4.78, 5) is 11.3. The summed E-state index contributed by atoms with van der Waals surface area (Å²) in [5, 5.41) is 8.12. The van der Waals surface area contributed by atoms with E-state index >= 15 is 0 Å². The standard InChI is InChI=1S/C21H33N5/c1-5-26(6-2)15-9-10-17(3)25-21(22-4)24-16-18-13-14-23-20-12-8-7-11-19(18)20/h7-8,11-14,17H,5-6,9-10,15-16H2,1-4H3,(H2,22,24,25). The number of rotatable bonds is 9. The predicted molar refractivity (Wildman–Crippen MR) is 112 cm³/mol. The van der Waals surface area contributed by atoms with Gasteiger partial charge in [-0.15, -0.1) is 0 Å². The summed E-state index contributed by atoms with van der Waals surface area (Å²) in [6.07, 6.45) is 4.20. The Morgan fingerprint density at radius 2 is 1.96 bits per heavy atom. The molecule has 5 heteroatoms. The van der Waals surface area contributed by atoms with Crippen molar-refractivity contribution in [2.45, 2.75) is 46.2 Å². The number of aromatic nitrogens is 1. The molecule has 2 N–H and O–H groups in total. The first-order valence-corrected chi connectivity index (χ1v) is 9.70. The van der Waals surface area contributed by atoms with Gasteiger partial charge >= 0.3 is 0 Å². The first kappa shape index (κ1) is 20.2. The lowest BCUT2D eigenvalue weighted by Gasteiger charge is -2.21. The molecule has 0 aliphatic carbocycles. The summed E-state index contributed by atoms with van der Waals surface area (Å²) in [5.74, 6) is 0.848. The molecule has 0 radical (unpaired) electrons. The van der Waals surface area contributed by atoms with Crippen LogP contribution < -0.4 is 10.6 Å². The van der Waals surface area contributed by atoms with E-state index < -0.39 is 0 Å². The van der Waals surface area contributed by atoms with Gasteiger partial charge in [0.1, 0.15) is 0 Å². The fourth-order valence-electron chi connectivity index (χ4n) is 3.15.